The number of unbranched alkanes of at least 4 members (excludes halogenated alkanes) is 8. The zero-order valence-corrected chi connectivity index (χ0v) is 18.6. The Balaban J connectivity index is -0.00000192. The summed E-state index contributed by atoms with van der Waals surface area (Å²) in [5.74, 6) is -0.343. The molecule has 1 fully saturated rings. The van der Waals surface area contributed by atoms with Crippen LogP contribution in [0.15, 0.2) is 0 Å². The zero-order valence-electron chi connectivity index (χ0n) is 17.6. The molecule has 1 aliphatic heterocycles. The fourth-order valence-corrected chi connectivity index (χ4v) is 2.89. The van der Waals surface area contributed by atoms with Crippen molar-refractivity contribution in [3.63, 3.8) is 0 Å². The predicted molar refractivity (Wildman–Crippen MR) is 96.7 cm³/mol. The van der Waals surface area contributed by atoms with Gasteiger partial charge in [0.15, 0.2) is 0 Å². The van der Waals surface area contributed by atoms with Crippen molar-refractivity contribution in [2.75, 3.05) is 13.2 Å². The summed E-state index contributed by atoms with van der Waals surface area (Å²) in [4.78, 5) is 11.6. The summed E-state index contributed by atoms with van der Waals surface area (Å²) < 4.78 is 10.1. The third-order valence-corrected chi connectivity index (χ3v) is 4.47. The normalized spacial score (nSPS) is 23.0. The Kier molecular flexibility index (Phi) is 19.0. The van der Waals surface area contributed by atoms with Gasteiger partial charge in [-0.2, -0.15) is 0 Å². The van der Waals surface area contributed by atoms with E-state index in [0.717, 1.165) is 19.3 Å². The molecular formula is C18H38NNaO6. The summed E-state index contributed by atoms with van der Waals surface area (Å²) in [6, 6.07) is 0. The molecule has 8 heteroatoms. The third-order valence-electron chi connectivity index (χ3n) is 4.47. The molecule has 1 saturated heterocycles. The summed E-state index contributed by atoms with van der Waals surface area (Å²) in [6.07, 6.45) is 6.84. The van der Waals surface area contributed by atoms with Gasteiger partial charge in [-0.3, -0.25) is 4.79 Å². The molecule has 0 saturated carbocycles. The number of carbonyl (C=O) groups excluding carboxylic acids is 1. The molecule has 1 heterocycles. The van der Waals surface area contributed by atoms with Crippen molar-refractivity contribution in [1.82, 2.24) is 6.15 Å². The number of rotatable bonds is 13. The van der Waals surface area contributed by atoms with Crippen molar-refractivity contribution in [2.24, 2.45) is 0 Å². The van der Waals surface area contributed by atoms with Gasteiger partial charge in [0.25, 0.3) is 0 Å². The first-order valence-corrected chi connectivity index (χ1v) is 9.37. The minimum Gasteiger partial charge on any atom is -1.00 e. The molecule has 7 nitrogen and oxygen atoms in total. The Morgan fingerprint density at radius 1 is 1.12 bits per heavy atom. The van der Waals surface area contributed by atoms with Crippen LogP contribution in [0, 0.1) is 0 Å². The summed E-state index contributed by atoms with van der Waals surface area (Å²) >= 11 is 0. The van der Waals surface area contributed by atoms with Gasteiger partial charge in [-0.05, 0) is 6.42 Å². The van der Waals surface area contributed by atoms with E-state index in [1.54, 1.807) is 0 Å². The van der Waals surface area contributed by atoms with Crippen molar-refractivity contribution < 1.29 is 60.6 Å². The average Bonchev–Trinajstić information content (AvgIpc) is 2.90. The number of hydrogen-bond acceptors (Lipinski definition) is 7. The van der Waals surface area contributed by atoms with Gasteiger partial charge in [-0.1, -0.05) is 58.3 Å². The Hall–Kier alpha value is 0.270. The second kappa shape index (κ2) is 17.4. The van der Waals surface area contributed by atoms with Gasteiger partial charge in [0.05, 0.1) is 6.61 Å². The number of aliphatic hydroxyl groups excluding tert-OH is 3. The Morgan fingerprint density at radius 3 is 2.15 bits per heavy atom. The number of ether oxygens (including phenoxy) is 2. The molecule has 0 aromatic heterocycles. The maximum absolute atomic E-state index is 11.6. The van der Waals surface area contributed by atoms with E-state index >= 15 is 0 Å². The van der Waals surface area contributed by atoms with Crippen LogP contribution in [0.4, 0.5) is 0 Å². The average molecular weight is 387 g/mol. The molecule has 0 radical (unpaired) electrons. The standard InChI is InChI=1S/C18H34O6.H3N.Na.H/c1-2-3-4-5-6-7-8-9-10-11-16(21)23-13-15(20)18-17(22)14(19)12-24-18;;;/h14-15,17-20,22H,2-13H2,1H3;1H3;;/q;;+1;-1/t14-,15+,17+,18+;;;/m0.../s1. The number of hydrogen-bond donors (Lipinski definition) is 4. The summed E-state index contributed by atoms with van der Waals surface area (Å²) in [7, 11) is 0. The van der Waals surface area contributed by atoms with E-state index in [0.29, 0.717) is 6.42 Å². The predicted octanol–water partition coefficient (Wildman–Crippen LogP) is -0.789. The molecule has 0 aromatic rings. The van der Waals surface area contributed by atoms with E-state index in [1.165, 1.54) is 38.5 Å². The Labute approximate surface area is 181 Å². The summed E-state index contributed by atoms with van der Waals surface area (Å²) in [5.41, 5.74) is 0. The molecule has 4 atom stereocenters. The van der Waals surface area contributed by atoms with Gasteiger partial charge in [-0.15, -0.1) is 0 Å². The van der Waals surface area contributed by atoms with Crippen LogP contribution >= 0.6 is 0 Å². The maximum atomic E-state index is 11.6. The molecule has 0 amide bonds. The fraction of sp³-hybridized carbons (Fsp3) is 0.944. The van der Waals surface area contributed by atoms with Crippen molar-refractivity contribution >= 4 is 5.97 Å². The van der Waals surface area contributed by atoms with Gasteiger partial charge >= 0.3 is 35.5 Å². The number of carbonyl (C=O) groups is 1. The summed E-state index contributed by atoms with van der Waals surface area (Å²) in [6.45, 7) is 1.98. The molecule has 152 valence electrons. The van der Waals surface area contributed by atoms with Crippen molar-refractivity contribution in [3.05, 3.63) is 0 Å². The van der Waals surface area contributed by atoms with E-state index in [-0.39, 0.29) is 56.3 Å². The van der Waals surface area contributed by atoms with Crippen LogP contribution in [0.3, 0.4) is 0 Å². The molecule has 0 aliphatic carbocycles. The van der Waals surface area contributed by atoms with Crippen LogP contribution in [-0.4, -0.2) is 58.9 Å². The monoisotopic (exact) mass is 387 g/mol. The Morgan fingerprint density at radius 2 is 1.65 bits per heavy atom. The Bertz CT molecular complexity index is 354. The largest absolute Gasteiger partial charge is 1.00 e. The molecule has 26 heavy (non-hydrogen) atoms. The first kappa shape index (κ1) is 28.5. The van der Waals surface area contributed by atoms with E-state index in [1.807, 2.05) is 0 Å². The molecule has 0 aromatic carbocycles. The first-order chi connectivity index (χ1) is 11.6. The van der Waals surface area contributed by atoms with Crippen LogP contribution in [-0.2, 0) is 14.3 Å². The molecule has 0 spiro atoms. The van der Waals surface area contributed by atoms with Gasteiger partial charge in [0, 0.05) is 6.42 Å². The minimum absolute atomic E-state index is 0. The first-order valence-electron chi connectivity index (χ1n) is 9.37. The quantitative estimate of drug-likeness (QED) is 0.185. The molecule has 1 rings (SSSR count). The van der Waals surface area contributed by atoms with Gasteiger partial charge in [-0.25, -0.2) is 0 Å². The van der Waals surface area contributed by atoms with Crippen molar-refractivity contribution in [2.45, 2.75) is 95.5 Å². The minimum atomic E-state index is -1.14. The van der Waals surface area contributed by atoms with Gasteiger partial charge in [0.1, 0.15) is 31.0 Å². The van der Waals surface area contributed by atoms with Crippen LogP contribution in [0.2, 0.25) is 0 Å². The van der Waals surface area contributed by atoms with Gasteiger partial charge < -0.3 is 32.4 Å². The molecule has 1 aliphatic rings. The van der Waals surface area contributed by atoms with Crippen LogP contribution < -0.4 is 35.7 Å². The zero-order chi connectivity index (χ0) is 17.8. The van der Waals surface area contributed by atoms with Gasteiger partial charge in [0.2, 0.25) is 0 Å². The van der Waals surface area contributed by atoms with E-state index < -0.39 is 24.4 Å². The maximum Gasteiger partial charge on any atom is 1.00 e. The van der Waals surface area contributed by atoms with E-state index in [2.05, 4.69) is 6.92 Å². The van der Waals surface area contributed by atoms with Crippen LogP contribution in [0.5, 0.6) is 0 Å². The third kappa shape index (κ3) is 11.9. The second-order valence-corrected chi connectivity index (χ2v) is 6.68. The number of aliphatic hydroxyl groups is 3. The molecule has 0 unspecified atom stereocenters. The second-order valence-electron chi connectivity index (χ2n) is 6.68. The molecular weight excluding hydrogens is 349 g/mol. The van der Waals surface area contributed by atoms with E-state index in [9.17, 15) is 20.1 Å². The van der Waals surface area contributed by atoms with Crippen molar-refractivity contribution in [3.8, 4) is 0 Å². The number of esters is 1. The topological polar surface area (TPSA) is 131 Å². The van der Waals surface area contributed by atoms with Crippen LogP contribution in [0.1, 0.15) is 72.6 Å². The summed E-state index contributed by atoms with van der Waals surface area (Å²) in [5, 5.41) is 28.8. The van der Waals surface area contributed by atoms with Crippen LogP contribution in [0.25, 0.3) is 0 Å². The smallest absolute Gasteiger partial charge is 1.00 e. The fourth-order valence-electron chi connectivity index (χ4n) is 2.89. The molecule has 6 N–H and O–H groups in total. The van der Waals surface area contributed by atoms with E-state index in [4.69, 9.17) is 9.47 Å². The van der Waals surface area contributed by atoms with Crippen molar-refractivity contribution in [1.29, 1.82) is 0 Å². The molecule has 0 bridgehead atoms. The SMILES string of the molecule is CCCCCCCCCCCC(=O)OC[C@@H](O)[C@H]1OC[C@H](O)[C@H]1O.N.[H-].[Na+].